The zero-order valence-electron chi connectivity index (χ0n) is 12.4. The second kappa shape index (κ2) is 7.51. The number of hydrogen-bond acceptors (Lipinski definition) is 4. The fourth-order valence-corrected chi connectivity index (χ4v) is 2.18. The molecular formula is C16H17N3O2S. The molecule has 2 rings (SSSR count). The van der Waals surface area contributed by atoms with E-state index in [0.717, 1.165) is 5.56 Å². The Kier molecular flexibility index (Phi) is 5.43. The first-order chi connectivity index (χ1) is 10.6. The van der Waals surface area contributed by atoms with Gasteiger partial charge < -0.3 is 5.32 Å². The molecule has 0 aliphatic carbocycles. The second-order valence-corrected chi connectivity index (χ2v) is 5.76. The number of benzene rings is 1. The van der Waals surface area contributed by atoms with Crippen LogP contribution in [0.2, 0.25) is 0 Å². The van der Waals surface area contributed by atoms with Gasteiger partial charge in [0.2, 0.25) is 5.91 Å². The van der Waals surface area contributed by atoms with Crippen molar-refractivity contribution in [2.45, 2.75) is 13.8 Å². The zero-order chi connectivity index (χ0) is 15.9. The summed E-state index contributed by atoms with van der Waals surface area (Å²) in [7, 11) is 0. The van der Waals surface area contributed by atoms with E-state index in [1.54, 1.807) is 41.8 Å². The van der Waals surface area contributed by atoms with Gasteiger partial charge in [0, 0.05) is 22.7 Å². The van der Waals surface area contributed by atoms with Gasteiger partial charge in [-0.2, -0.15) is 16.4 Å². The molecule has 2 N–H and O–H groups in total. The average Bonchev–Trinajstić information content (AvgIpc) is 3.01. The molecule has 114 valence electrons. The molecule has 0 fully saturated rings. The van der Waals surface area contributed by atoms with Crippen LogP contribution in [-0.4, -0.2) is 18.0 Å². The van der Waals surface area contributed by atoms with Gasteiger partial charge in [0.15, 0.2) is 0 Å². The van der Waals surface area contributed by atoms with Crippen molar-refractivity contribution < 1.29 is 9.59 Å². The molecule has 0 bridgehead atoms. The Morgan fingerprint density at radius 2 is 1.91 bits per heavy atom. The Morgan fingerprint density at radius 3 is 2.50 bits per heavy atom. The number of amides is 2. The number of carbonyl (C=O) groups is 2. The highest BCUT2D eigenvalue weighted by molar-refractivity contribution is 7.08. The van der Waals surface area contributed by atoms with Crippen LogP contribution in [0.4, 0.5) is 5.69 Å². The van der Waals surface area contributed by atoms with E-state index >= 15 is 0 Å². The topological polar surface area (TPSA) is 70.6 Å². The monoisotopic (exact) mass is 315 g/mol. The van der Waals surface area contributed by atoms with Crippen molar-refractivity contribution in [3.8, 4) is 0 Å². The van der Waals surface area contributed by atoms with Gasteiger partial charge in [0.05, 0.1) is 6.21 Å². The van der Waals surface area contributed by atoms with Gasteiger partial charge in [-0.3, -0.25) is 9.59 Å². The van der Waals surface area contributed by atoms with Gasteiger partial charge in [-0.15, -0.1) is 0 Å². The number of rotatable bonds is 5. The molecule has 2 aromatic rings. The first-order valence-corrected chi connectivity index (χ1v) is 7.77. The molecule has 0 saturated heterocycles. The molecule has 0 saturated carbocycles. The van der Waals surface area contributed by atoms with Gasteiger partial charge in [-0.05, 0) is 41.1 Å². The molecule has 0 radical (unpaired) electrons. The Balaban J connectivity index is 1.92. The Morgan fingerprint density at radius 1 is 1.18 bits per heavy atom. The fourth-order valence-electron chi connectivity index (χ4n) is 1.57. The van der Waals surface area contributed by atoms with Crippen molar-refractivity contribution >= 4 is 35.1 Å². The van der Waals surface area contributed by atoms with E-state index in [4.69, 9.17) is 0 Å². The van der Waals surface area contributed by atoms with E-state index in [1.807, 2.05) is 30.7 Å². The van der Waals surface area contributed by atoms with Crippen LogP contribution >= 0.6 is 11.3 Å². The van der Waals surface area contributed by atoms with Crippen LogP contribution in [-0.2, 0) is 4.79 Å². The summed E-state index contributed by atoms with van der Waals surface area (Å²) in [5, 5.41) is 10.5. The minimum Gasteiger partial charge on any atom is -0.326 e. The largest absolute Gasteiger partial charge is 0.326 e. The van der Waals surface area contributed by atoms with Gasteiger partial charge >= 0.3 is 0 Å². The molecular weight excluding hydrogens is 298 g/mol. The van der Waals surface area contributed by atoms with Crippen molar-refractivity contribution in [1.82, 2.24) is 5.43 Å². The van der Waals surface area contributed by atoms with Crippen LogP contribution in [0.25, 0.3) is 0 Å². The highest BCUT2D eigenvalue weighted by atomic mass is 32.1. The highest BCUT2D eigenvalue weighted by Crippen LogP contribution is 2.11. The molecule has 1 aromatic carbocycles. The molecule has 5 nitrogen and oxygen atoms in total. The van der Waals surface area contributed by atoms with Crippen molar-refractivity contribution in [3.05, 3.63) is 52.2 Å². The summed E-state index contributed by atoms with van der Waals surface area (Å²) in [6, 6.07) is 8.58. The van der Waals surface area contributed by atoms with Crippen molar-refractivity contribution in [2.24, 2.45) is 11.0 Å². The minimum absolute atomic E-state index is 0.0578. The normalized spacial score (nSPS) is 10.9. The third kappa shape index (κ3) is 4.53. The lowest BCUT2D eigenvalue weighted by molar-refractivity contribution is -0.118. The number of hydrazone groups is 1. The van der Waals surface area contributed by atoms with Gasteiger partial charge in [-0.25, -0.2) is 5.43 Å². The lowest BCUT2D eigenvalue weighted by atomic mass is 10.1. The maximum atomic E-state index is 11.9. The smallest absolute Gasteiger partial charge is 0.271 e. The van der Waals surface area contributed by atoms with Crippen molar-refractivity contribution in [1.29, 1.82) is 0 Å². The summed E-state index contributed by atoms with van der Waals surface area (Å²) >= 11 is 1.56. The van der Waals surface area contributed by atoms with Crippen LogP contribution in [0, 0.1) is 5.92 Å². The zero-order valence-corrected chi connectivity index (χ0v) is 13.2. The summed E-state index contributed by atoms with van der Waals surface area (Å²) < 4.78 is 0. The van der Waals surface area contributed by atoms with Crippen molar-refractivity contribution in [2.75, 3.05) is 5.32 Å². The van der Waals surface area contributed by atoms with E-state index in [0.29, 0.717) is 11.3 Å². The molecule has 2 amide bonds. The first kappa shape index (κ1) is 15.9. The molecule has 1 heterocycles. The highest BCUT2D eigenvalue weighted by Gasteiger charge is 2.08. The molecule has 0 atom stereocenters. The lowest BCUT2D eigenvalue weighted by Crippen LogP contribution is -2.19. The quantitative estimate of drug-likeness (QED) is 0.657. The molecule has 0 unspecified atom stereocenters. The molecule has 0 aliphatic rings. The van der Waals surface area contributed by atoms with E-state index in [2.05, 4.69) is 15.8 Å². The number of carbonyl (C=O) groups excluding carboxylic acids is 2. The van der Waals surface area contributed by atoms with Crippen LogP contribution < -0.4 is 10.7 Å². The minimum atomic E-state index is -0.298. The Bertz CT molecular complexity index is 661. The van der Waals surface area contributed by atoms with E-state index in [1.165, 1.54) is 0 Å². The predicted molar refractivity (Wildman–Crippen MR) is 89.3 cm³/mol. The average molecular weight is 315 g/mol. The predicted octanol–water partition coefficient (Wildman–Crippen LogP) is 3.11. The summed E-state index contributed by atoms with van der Waals surface area (Å²) in [6.07, 6.45) is 1.59. The van der Waals surface area contributed by atoms with Crippen LogP contribution in [0.3, 0.4) is 0 Å². The summed E-state index contributed by atoms with van der Waals surface area (Å²) in [6.45, 7) is 3.64. The third-order valence-corrected chi connectivity index (χ3v) is 3.56. The molecule has 0 spiro atoms. The fraction of sp³-hybridized carbons (Fsp3) is 0.188. The summed E-state index contributed by atoms with van der Waals surface area (Å²) in [5.74, 6) is -0.444. The summed E-state index contributed by atoms with van der Waals surface area (Å²) in [4.78, 5) is 23.5. The summed E-state index contributed by atoms with van der Waals surface area (Å²) in [5.41, 5.74) is 4.55. The second-order valence-electron chi connectivity index (χ2n) is 4.98. The van der Waals surface area contributed by atoms with Crippen LogP contribution in [0.1, 0.15) is 29.8 Å². The molecule has 0 aliphatic heterocycles. The van der Waals surface area contributed by atoms with Crippen molar-refractivity contribution in [3.63, 3.8) is 0 Å². The van der Waals surface area contributed by atoms with Gasteiger partial charge in [0.1, 0.15) is 0 Å². The van der Waals surface area contributed by atoms with Gasteiger partial charge in [-0.1, -0.05) is 13.8 Å². The van der Waals surface area contributed by atoms with Gasteiger partial charge in [0.25, 0.3) is 5.91 Å². The maximum absolute atomic E-state index is 11.9. The van der Waals surface area contributed by atoms with Crippen LogP contribution in [0.5, 0.6) is 0 Å². The third-order valence-electron chi connectivity index (χ3n) is 2.86. The Hall–Kier alpha value is -2.47. The number of thiophene rings is 1. The Labute approximate surface area is 133 Å². The number of nitrogens with zero attached hydrogens (tertiary/aromatic N) is 1. The number of anilines is 1. The SMILES string of the molecule is CC(C)C(=O)Nc1ccc(C(=O)N/N=C/c2ccsc2)cc1. The lowest BCUT2D eigenvalue weighted by Gasteiger charge is -2.08. The maximum Gasteiger partial charge on any atom is 0.271 e. The number of nitrogens with one attached hydrogen (secondary N) is 2. The number of hydrogen-bond donors (Lipinski definition) is 2. The standard InChI is InChI=1S/C16H17N3O2S/c1-11(2)15(20)18-14-5-3-13(4-6-14)16(21)19-17-9-12-7-8-22-10-12/h3-11H,1-2H3,(H,18,20)(H,19,21)/b17-9+. The van der Waals surface area contributed by atoms with E-state index in [-0.39, 0.29) is 17.7 Å². The van der Waals surface area contributed by atoms with Crippen LogP contribution in [0.15, 0.2) is 46.2 Å². The van der Waals surface area contributed by atoms with E-state index in [9.17, 15) is 9.59 Å². The first-order valence-electron chi connectivity index (χ1n) is 6.83. The molecule has 6 heteroatoms. The van der Waals surface area contributed by atoms with E-state index < -0.39 is 0 Å². The molecule has 1 aromatic heterocycles. The molecule has 22 heavy (non-hydrogen) atoms.